The molecule has 104 valence electrons. The van der Waals surface area contributed by atoms with E-state index in [2.05, 4.69) is 5.32 Å². The molecule has 3 nitrogen and oxygen atoms in total. The smallest absolute Gasteiger partial charge is 0.251 e. The number of nitrogens with two attached hydrogens (primary N) is 1. The Bertz CT molecular complexity index is 640. The van der Waals surface area contributed by atoms with E-state index >= 15 is 0 Å². The molecule has 0 bridgehead atoms. The summed E-state index contributed by atoms with van der Waals surface area (Å²) in [6.45, 7) is 3.98. The molecule has 0 aromatic heterocycles. The van der Waals surface area contributed by atoms with Crippen molar-refractivity contribution in [2.24, 2.45) is 0 Å². The maximum absolute atomic E-state index is 12.2. The van der Waals surface area contributed by atoms with Gasteiger partial charge in [0.1, 0.15) is 0 Å². The number of halogens is 1. The van der Waals surface area contributed by atoms with Gasteiger partial charge in [-0.1, -0.05) is 35.9 Å². The van der Waals surface area contributed by atoms with Crippen molar-refractivity contribution in [1.29, 1.82) is 0 Å². The van der Waals surface area contributed by atoms with Crippen LogP contribution in [-0.2, 0) is 0 Å². The van der Waals surface area contributed by atoms with Crippen molar-refractivity contribution in [3.63, 3.8) is 0 Å². The van der Waals surface area contributed by atoms with Crippen LogP contribution in [0.15, 0.2) is 42.5 Å². The third-order valence-corrected chi connectivity index (χ3v) is 3.59. The summed E-state index contributed by atoms with van der Waals surface area (Å²) in [5.41, 5.74) is 8.86. The molecule has 0 radical (unpaired) electrons. The van der Waals surface area contributed by atoms with Gasteiger partial charge in [0.25, 0.3) is 5.91 Å². The lowest BCUT2D eigenvalue weighted by molar-refractivity contribution is 0.0940. The van der Waals surface area contributed by atoms with Crippen LogP contribution in [0.5, 0.6) is 0 Å². The van der Waals surface area contributed by atoms with E-state index in [1.165, 1.54) is 0 Å². The van der Waals surface area contributed by atoms with Crippen LogP contribution in [0.3, 0.4) is 0 Å². The first kappa shape index (κ1) is 14.4. The number of benzene rings is 2. The van der Waals surface area contributed by atoms with Gasteiger partial charge in [0.05, 0.1) is 16.8 Å². The Morgan fingerprint density at radius 1 is 1.25 bits per heavy atom. The zero-order chi connectivity index (χ0) is 14.7. The van der Waals surface area contributed by atoms with Gasteiger partial charge in [0.2, 0.25) is 0 Å². The highest BCUT2D eigenvalue weighted by atomic mass is 35.5. The normalized spacial score (nSPS) is 11.9. The maximum atomic E-state index is 12.2. The molecule has 0 fully saturated rings. The van der Waals surface area contributed by atoms with Gasteiger partial charge in [-0.2, -0.15) is 0 Å². The summed E-state index contributed by atoms with van der Waals surface area (Å²) in [5, 5.41) is 3.35. The molecule has 0 unspecified atom stereocenters. The fourth-order valence-corrected chi connectivity index (χ4v) is 2.28. The Morgan fingerprint density at radius 2 is 1.95 bits per heavy atom. The van der Waals surface area contributed by atoms with Gasteiger partial charge in [-0.3, -0.25) is 4.79 Å². The van der Waals surface area contributed by atoms with Crippen LogP contribution in [0.25, 0.3) is 0 Å². The zero-order valence-electron chi connectivity index (χ0n) is 11.5. The SMILES string of the molecule is Cc1ccccc1[C@H](C)NC(=O)c1ccc(N)c(Cl)c1. The molecule has 4 heteroatoms. The van der Waals surface area contributed by atoms with E-state index in [-0.39, 0.29) is 11.9 Å². The summed E-state index contributed by atoms with van der Waals surface area (Å²) >= 11 is 5.93. The number of carbonyl (C=O) groups excluding carboxylic acids is 1. The fraction of sp³-hybridized carbons (Fsp3) is 0.188. The summed E-state index contributed by atoms with van der Waals surface area (Å²) in [6, 6.07) is 12.8. The van der Waals surface area contributed by atoms with Gasteiger partial charge >= 0.3 is 0 Å². The number of nitrogen functional groups attached to an aromatic ring is 1. The maximum Gasteiger partial charge on any atom is 0.251 e. The molecular weight excluding hydrogens is 272 g/mol. The molecule has 0 spiro atoms. The summed E-state index contributed by atoms with van der Waals surface area (Å²) in [5.74, 6) is -0.164. The lowest BCUT2D eigenvalue weighted by Gasteiger charge is -2.16. The van der Waals surface area contributed by atoms with Crippen molar-refractivity contribution < 1.29 is 4.79 Å². The lowest BCUT2D eigenvalue weighted by atomic mass is 10.0. The van der Waals surface area contributed by atoms with Crippen LogP contribution in [0.2, 0.25) is 5.02 Å². The van der Waals surface area contributed by atoms with E-state index in [4.69, 9.17) is 17.3 Å². The predicted molar refractivity (Wildman–Crippen MR) is 82.9 cm³/mol. The molecule has 2 rings (SSSR count). The molecule has 0 saturated carbocycles. The minimum atomic E-state index is -0.164. The molecule has 2 aromatic rings. The quantitative estimate of drug-likeness (QED) is 0.846. The van der Waals surface area contributed by atoms with Crippen molar-refractivity contribution in [1.82, 2.24) is 5.32 Å². The van der Waals surface area contributed by atoms with Crippen molar-refractivity contribution >= 4 is 23.2 Å². The van der Waals surface area contributed by atoms with E-state index < -0.39 is 0 Å². The first-order chi connectivity index (χ1) is 9.49. The van der Waals surface area contributed by atoms with Gasteiger partial charge in [0, 0.05) is 5.56 Å². The van der Waals surface area contributed by atoms with Gasteiger partial charge in [-0.15, -0.1) is 0 Å². The Labute approximate surface area is 123 Å². The van der Waals surface area contributed by atoms with E-state index in [1.54, 1.807) is 18.2 Å². The Kier molecular flexibility index (Phi) is 4.30. The van der Waals surface area contributed by atoms with Gasteiger partial charge in [-0.25, -0.2) is 0 Å². The zero-order valence-corrected chi connectivity index (χ0v) is 12.2. The lowest BCUT2D eigenvalue weighted by Crippen LogP contribution is -2.27. The first-order valence-corrected chi connectivity index (χ1v) is 6.78. The minimum Gasteiger partial charge on any atom is -0.398 e. The van der Waals surface area contributed by atoms with Crippen LogP contribution in [0.1, 0.15) is 34.5 Å². The summed E-state index contributed by atoms with van der Waals surface area (Å²) in [6.07, 6.45) is 0. The molecule has 0 heterocycles. The topological polar surface area (TPSA) is 55.1 Å². The van der Waals surface area contributed by atoms with E-state index in [9.17, 15) is 4.79 Å². The molecule has 0 aliphatic heterocycles. The number of anilines is 1. The number of amides is 1. The molecule has 1 atom stereocenters. The third kappa shape index (κ3) is 3.11. The number of carbonyl (C=O) groups is 1. The Hall–Kier alpha value is -2.00. The van der Waals surface area contributed by atoms with Crippen LogP contribution < -0.4 is 11.1 Å². The molecule has 2 aromatic carbocycles. The predicted octanol–water partition coefficient (Wildman–Crippen LogP) is 3.72. The Morgan fingerprint density at radius 3 is 2.60 bits per heavy atom. The highest BCUT2D eigenvalue weighted by Crippen LogP contribution is 2.21. The summed E-state index contributed by atoms with van der Waals surface area (Å²) < 4.78 is 0. The van der Waals surface area contributed by atoms with E-state index in [0.29, 0.717) is 16.3 Å². The third-order valence-electron chi connectivity index (χ3n) is 3.27. The van der Waals surface area contributed by atoms with E-state index in [1.807, 2.05) is 38.1 Å². The van der Waals surface area contributed by atoms with Gasteiger partial charge in [0.15, 0.2) is 0 Å². The molecule has 1 amide bonds. The van der Waals surface area contributed by atoms with Crippen LogP contribution in [-0.4, -0.2) is 5.91 Å². The highest BCUT2D eigenvalue weighted by molar-refractivity contribution is 6.33. The molecule has 0 saturated heterocycles. The number of rotatable bonds is 3. The number of nitrogens with one attached hydrogen (secondary N) is 1. The van der Waals surface area contributed by atoms with Crippen molar-refractivity contribution in [2.75, 3.05) is 5.73 Å². The van der Waals surface area contributed by atoms with Crippen molar-refractivity contribution in [3.8, 4) is 0 Å². The number of hydrogen-bond acceptors (Lipinski definition) is 2. The van der Waals surface area contributed by atoms with Crippen molar-refractivity contribution in [3.05, 3.63) is 64.2 Å². The van der Waals surface area contributed by atoms with Crippen molar-refractivity contribution in [2.45, 2.75) is 19.9 Å². The minimum absolute atomic E-state index is 0.0694. The standard InChI is InChI=1S/C16H17ClN2O/c1-10-5-3-4-6-13(10)11(2)19-16(20)12-7-8-15(18)14(17)9-12/h3-9,11H,18H2,1-2H3,(H,19,20)/t11-/m0/s1. The molecule has 20 heavy (non-hydrogen) atoms. The van der Waals surface area contributed by atoms with Gasteiger partial charge < -0.3 is 11.1 Å². The van der Waals surface area contributed by atoms with Gasteiger partial charge in [-0.05, 0) is 43.2 Å². The summed E-state index contributed by atoms with van der Waals surface area (Å²) in [4.78, 5) is 12.2. The second-order valence-electron chi connectivity index (χ2n) is 4.79. The Balaban J connectivity index is 2.15. The molecule has 3 N–H and O–H groups in total. The molecule has 0 aliphatic carbocycles. The first-order valence-electron chi connectivity index (χ1n) is 6.40. The van der Waals surface area contributed by atoms with Crippen LogP contribution in [0, 0.1) is 6.92 Å². The van der Waals surface area contributed by atoms with Crippen LogP contribution >= 0.6 is 11.6 Å². The highest BCUT2D eigenvalue weighted by Gasteiger charge is 2.13. The molecular formula is C16H17ClN2O. The monoisotopic (exact) mass is 288 g/mol. The second kappa shape index (κ2) is 5.97. The average Bonchev–Trinajstić information content (AvgIpc) is 2.42. The summed E-state index contributed by atoms with van der Waals surface area (Å²) in [7, 11) is 0. The second-order valence-corrected chi connectivity index (χ2v) is 5.20. The number of hydrogen-bond donors (Lipinski definition) is 2. The average molecular weight is 289 g/mol. The number of aryl methyl sites for hydroxylation is 1. The van der Waals surface area contributed by atoms with Crippen LogP contribution in [0.4, 0.5) is 5.69 Å². The largest absolute Gasteiger partial charge is 0.398 e. The molecule has 0 aliphatic rings. The van der Waals surface area contributed by atoms with E-state index in [0.717, 1.165) is 11.1 Å². The fourth-order valence-electron chi connectivity index (χ4n) is 2.10.